The van der Waals surface area contributed by atoms with Gasteiger partial charge in [-0.1, -0.05) is 78.3 Å². The summed E-state index contributed by atoms with van der Waals surface area (Å²) in [6.45, 7) is 13.0. The van der Waals surface area contributed by atoms with Crippen LogP contribution in [0.25, 0.3) is 0 Å². The summed E-state index contributed by atoms with van der Waals surface area (Å²) in [4.78, 5) is 24.8. The lowest BCUT2D eigenvalue weighted by molar-refractivity contribution is -0.151. The molecule has 0 bridgehead atoms. The first-order valence-corrected chi connectivity index (χ1v) is 12.1. The van der Waals surface area contributed by atoms with E-state index in [2.05, 4.69) is 53.7 Å². The lowest BCUT2D eigenvalue weighted by Gasteiger charge is -2.49. The van der Waals surface area contributed by atoms with Crippen LogP contribution < -0.4 is 0 Å². The maximum Gasteiger partial charge on any atom is 0.307 e. The van der Waals surface area contributed by atoms with Crippen molar-refractivity contribution in [3.05, 3.63) is 35.9 Å². The van der Waals surface area contributed by atoms with Crippen LogP contribution in [0.1, 0.15) is 66.4 Å². The molecule has 2 atom stereocenters. The van der Waals surface area contributed by atoms with E-state index in [1.807, 2.05) is 18.2 Å². The van der Waals surface area contributed by atoms with Crippen molar-refractivity contribution < 1.29 is 19.1 Å². The van der Waals surface area contributed by atoms with Crippen molar-refractivity contribution in [1.82, 2.24) is 0 Å². The maximum atomic E-state index is 13.2. The number of carbonyl (C=O) groups excluding carboxylic acids is 1. The van der Waals surface area contributed by atoms with Crippen LogP contribution in [0, 0.1) is 11.8 Å². The summed E-state index contributed by atoms with van der Waals surface area (Å²) in [5.74, 6) is -2.29. The highest BCUT2D eigenvalue weighted by Crippen LogP contribution is 2.49. The van der Waals surface area contributed by atoms with Crippen molar-refractivity contribution in [2.24, 2.45) is 11.8 Å². The molecule has 1 aliphatic carbocycles. The van der Waals surface area contributed by atoms with Crippen LogP contribution in [0.3, 0.4) is 0 Å². The van der Waals surface area contributed by atoms with Gasteiger partial charge < -0.3 is 9.53 Å². The topological polar surface area (TPSA) is 63.6 Å². The zero-order valence-electron chi connectivity index (χ0n) is 17.5. The third-order valence-electron chi connectivity index (χ3n) is 6.59. The van der Waals surface area contributed by atoms with Crippen molar-refractivity contribution >= 4 is 20.3 Å². The summed E-state index contributed by atoms with van der Waals surface area (Å²) in [5, 5.41) is 9.20. The van der Waals surface area contributed by atoms with E-state index in [9.17, 15) is 14.7 Å². The van der Waals surface area contributed by atoms with E-state index in [1.54, 1.807) is 0 Å². The Bertz CT molecular complexity index is 658. The number of hydrogen-bond acceptors (Lipinski definition) is 3. The molecular weight excluding hydrogens is 356 g/mol. The predicted octanol–water partition coefficient (Wildman–Crippen LogP) is 5.31. The number of hydrogen-bond donors (Lipinski definition) is 1. The van der Waals surface area contributed by atoms with Crippen LogP contribution in [0.15, 0.2) is 30.3 Å². The number of rotatable bonds is 7. The molecule has 0 radical (unpaired) electrons. The molecule has 0 saturated heterocycles. The van der Waals surface area contributed by atoms with Crippen molar-refractivity contribution in [3.8, 4) is 0 Å². The molecule has 1 aliphatic rings. The van der Waals surface area contributed by atoms with Crippen LogP contribution in [-0.2, 0) is 19.1 Å². The third-order valence-corrected chi connectivity index (χ3v) is 12.8. The highest BCUT2D eigenvalue weighted by molar-refractivity contribution is 6.80. The molecule has 1 fully saturated rings. The average Bonchev–Trinajstić information content (AvgIpc) is 3.09. The Morgan fingerprint density at radius 2 is 1.56 bits per heavy atom. The summed E-state index contributed by atoms with van der Waals surface area (Å²) in [6, 6.07) is 10.3. The molecule has 5 heteroatoms. The van der Waals surface area contributed by atoms with E-state index >= 15 is 0 Å². The van der Waals surface area contributed by atoms with E-state index in [4.69, 9.17) is 4.43 Å². The fraction of sp³-hybridized carbons (Fsp3) is 0.636. The van der Waals surface area contributed by atoms with E-state index in [0.29, 0.717) is 12.8 Å². The van der Waals surface area contributed by atoms with Gasteiger partial charge in [-0.3, -0.25) is 9.59 Å². The maximum absolute atomic E-state index is 13.2. The van der Waals surface area contributed by atoms with Gasteiger partial charge in [0, 0.05) is 5.04 Å². The first-order valence-electron chi connectivity index (χ1n) is 10.1. The monoisotopic (exact) mass is 390 g/mol. The quantitative estimate of drug-likeness (QED) is 0.641. The molecule has 150 valence electrons. The Morgan fingerprint density at radius 3 is 2.04 bits per heavy atom. The van der Waals surface area contributed by atoms with Crippen LogP contribution in [0.2, 0.25) is 11.1 Å². The second-order valence-electron chi connectivity index (χ2n) is 9.00. The van der Waals surface area contributed by atoms with Crippen molar-refractivity contribution in [2.75, 3.05) is 0 Å². The zero-order valence-corrected chi connectivity index (χ0v) is 18.5. The second kappa shape index (κ2) is 8.17. The predicted molar refractivity (Wildman–Crippen MR) is 110 cm³/mol. The van der Waals surface area contributed by atoms with Crippen LogP contribution in [-0.4, -0.2) is 25.4 Å². The van der Waals surface area contributed by atoms with Crippen molar-refractivity contribution in [1.29, 1.82) is 0 Å². The largest absolute Gasteiger partial charge is 0.517 e. The molecule has 1 N–H and O–H groups in total. The number of benzene rings is 1. The SMILES string of the molecule is CC(C)[Si](OC(=O)C1CCCC1C(=O)O)(C(C)C)C(C)(C)c1ccccc1. The minimum Gasteiger partial charge on any atom is -0.517 e. The third kappa shape index (κ3) is 3.84. The van der Waals surface area contributed by atoms with E-state index in [0.717, 1.165) is 6.42 Å². The van der Waals surface area contributed by atoms with Crippen LogP contribution >= 0.6 is 0 Å². The number of carboxylic acids is 1. The fourth-order valence-electron chi connectivity index (χ4n) is 5.33. The van der Waals surface area contributed by atoms with Gasteiger partial charge in [-0.25, -0.2) is 0 Å². The van der Waals surface area contributed by atoms with Crippen molar-refractivity contribution in [3.63, 3.8) is 0 Å². The van der Waals surface area contributed by atoms with Crippen LogP contribution in [0.4, 0.5) is 0 Å². The smallest absolute Gasteiger partial charge is 0.307 e. The molecule has 2 unspecified atom stereocenters. The number of carboxylic acid groups (broad SMARTS) is 1. The molecule has 27 heavy (non-hydrogen) atoms. The molecule has 0 heterocycles. The van der Waals surface area contributed by atoms with E-state index < -0.39 is 26.1 Å². The number of aliphatic carboxylic acids is 1. The van der Waals surface area contributed by atoms with Gasteiger partial charge in [-0.05, 0) is 29.5 Å². The molecule has 4 nitrogen and oxygen atoms in total. The highest BCUT2D eigenvalue weighted by Gasteiger charge is 2.58. The normalized spacial score (nSPS) is 20.9. The second-order valence-corrected chi connectivity index (χ2v) is 14.3. The van der Waals surface area contributed by atoms with Gasteiger partial charge in [0.25, 0.3) is 14.3 Å². The summed E-state index contributed by atoms with van der Waals surface area (Å²) in [5.41, 5.74) is 1.59. The molecule has 1 aromatic rings. The molecule has 0 aromatic heterocycles. The van der Waals surface area contributed by atoms with Gasteiger partial charge >= 0.3 is 5.97 Å². The molecular formula is C22H34O4Si. The summed E-state index contributed by atoms with van der Waals surface area (Å²) in [7, 11) is -2.66. The fourth-order valence-corrected chi connectivity index (χ4v) is 11.4. The van der Waals surface area contributed by atoms with Crippen molar-refractivity contribution in [2.45, 2.75) is 76.9 Å². The standard InChI is InChI=1S/C22H34O4Si/c1-15(2)27(16(3)4,22(5,6)17-11-8-7-9-12-17)26-21(25)19-14-10-13-18(19)20(23)24/h7-9,11-12,15-16,18-19H,10,13-14H2,1-6H3,(H,23,24). The Hall–Kier alpha value is -1.62. The van der Waals surface area contributed by atoms with Gasteiger partial charge in [0.05, 0.1) is 11.8 Å². The first kappa shape index (κ1) is 21.7. The molecule has 1 aromatic carbocycles. The Balaban J connectivity index is 2.46. The summed E-state index contributed by atoms with van der Waals surface area (Å²) >= 11 is 0. The van der Waals surface area contributed by atoms with E-state index in [-0.39, 0.29) is 22.1 Å². The van der Waals surface area contributed by atoms with Gasteiger partial charge in [0.2, 0.25) is 0 Å². The van der Waals surface area contributed by atoms with E-state index in [1.165, 1.54) is 5.56 Å². The van der Waals surface area contributed by atoms with Gasteiger partial charge in [0.15, 0.2) is 0 Å². The molecule has 2 rings (SSSR count). The first-order chi connectivity index (χ1) is 12.6. The number of carbonyl (C=O) groups is 2. The highest BCUT2D eigenvalue weighted by atomic mass is 28.4. The van der Waals surface area contributed by atoms with Gasteiger partial charge in [0.1, 0.15) is 0 Å². The molecule has 0 amide bonds. The Kier molecular flexibility index (Phi) is 6.56. The van der Waals surface area contributed by atoms with Gasteiger partial charge in [-0.2, -0.15) is 0 Å². The molecule has 0 spiro atoms. The zero-order chi connectivity index (χ0) is 20.4. The minimum atomic E-state index is -2.66. The summed E-state index contributed by atoms with van der Waals surface area (Å²) in [6.07, 6.45) is 1.95. The van der Waals surface area contributed by atoms with Crippen LogP contribution in [0.5, 0.6) is 0 Å². The Labute approximate surface area is 164 Å². The lowest BCUT2D eigenvalue weighted by Crippen LogP contribution is -2.61. The minimum absolute atomic E-state index is 0.210. The lowest BCUT2D eigenvalue weighted by atomic mass is 9.97. The van der Waals surface area contributed by atoms with Gasteiger partial charge in [-0.15, -0.1) is 0 Å². The summed E-state index contributed by atoms with van der Waals surface area (Å²) < 4.78 is 6.48. The molecule has 1 saturated carbocycles. The average molecular weight is 391 g/mol. The Morgan fingerprint density at radius 1 is 1.04 bits per heavy atom. The molecule has 0 aliphatic heterocycles.